The Balaban J connectivity index is 4.15. The van der Waals surface area contributed by atoms with E-state index < -0.39 is 9.73 Å². The minimum Gasteiger partial charge on any atom is -0.253 e. The van der Waals surface area contributed by atoms with Crippen LogP contribution in [-0.4, -0.2) is 15.2 Å². The number of nitrogens with one attached hydrogen (secondary N) is 1. The third-order valence-electron chi connectivity index (χ3n) is 1.99. The molecule has 0 unspecified atom stereocenters. The molecule has 0 heterocycles. The first-order chi connectivity index (χ1) is 4.90. The van der Waals surface area contributed by atoms with E-state index in [0.717, 1.165) is 6.42 Å². The molecular formula is C8H19NOS. The Kier molecular flexibility index (Phi) is 4.08. The second-order valence-corrected chi connectivity index (χ2v) is 6.18. The second kappa shape index (κ2) is 4.10. The fraction of sp³-hybridized carbons (Fsp3) is 1.00. The van der Waals surface area contributed by atoms with Gasteiger partial charge < -0.3 is 0 Å². The van der Waals surface area contributed by atoms with Gasteiger partial charge in [0.1, 0.15) is 0 Å². The van der Waals surface area contributed by atoms with E-state index in [0.29, 0.717) is 11.7 Å². The molecule has 0 saturated carbocycles. The standard InChI is InChI=1S/C8H19NOS/c1-5-8(4)6-11(9,10)7(2)3/h7-9H,5-6H2,1-4H3/t8-,11+/m0/s1. The fourth-order valence-electron chi connectivity index (χ4n) is 0.733. The van der Waals surface area contributed by atoms with Gasteiger partial charge in [-0.05, 0) is 5.92 Å². The van der Waals surface area contributed by atoms with Crippen LogP contribution >= 0.6 is 0 Å². The van der Waals surface area contributed by atoms with Crippen LogP contribution in [0.5, 0.6) is 0 Å². The van der Waals surface area contributed by atoms with Crippen molar-refractivity contribution in [3.63, 3.8) is 0 Å². The van der Waals surface area contributed by atoms with E-state index in [9.17, 15) is 4.21 Å². The maximum Gasteiger partial charge on any atom is 0.0467 e. The fourth-order valence-corrected chi connectivity index (χ4v) is 2.20. The Labute approximate surface area is 70.4 Å². The van der Waals surface area contributed by atoms with Crippen LogP contribution in [0.15, 0.2) is 0 Å². The maximum atomic E-state index is 11.5. The lowest BCUT2D eigenvalue weighted by Crippen LogP contribution is -2.20. The Hall–Kier alpha value is -0.0500. The summed E-state index contributed by atoms with van der Waals surface area (Å²) in [5.74, 6) is 0.976. The van der Waals surface area contributed by atoms with E-state index in [1.165, 1.54) is 0 Å². The van der Waals surface area contributed by atoms with Crippen molar-refractivity contribution in [2.24, 2.45) is 5.92 Å². The Morgan fingerprint density at radius 3 is 2.09 bits per heavy atom. The maximum absolute atomic E-state index is 11.5. The molecular weight excluding hydrogens is 158 g/mol. The highest BCUT2D eigenvalue weighted by atomic mass is 32.2. The van der Waals surface area contributed by atoms with Crippen LogP contribution in [0.3, 0.4) is 0 Å². The second-order valence-electron chi connectivity index (χ2n) is 3.46. The molecule has 11 heavy (non-hydrogen) atoms. The van der Waals surface area contributed by atoms with Crippen molar-refractivity contribution in [1.82, 2.24) is 0 Å². The van der Waals surface area contributed by atoms with Gasteiger partial charge in [0.15, 0.2) is 0 Å². The monoisotopic (exact) mass is 177 g/mol. The third kappa shape index (κ3) is 3.75. The van der Waals surface area contributed by atoms with Crippen molar-refractivity contribution in [2.45, 2.75) is 39.4 Å². The van der Waals surface area contributed by atoms with E-state index in [1.807, 2.05) is 13.8 Å². The van der Waals surface area contributed by atoms with Crippen LogP contribution in [0.25, 0.3) is 0 Å². The van der Waals surface area contributed by atoms with Gasteiger partial charge in [0.05, 0.1) is 0 Å². The summed E-state index contributed by atoms with van der Waals surface area (Å²) in [7, 11) is -2.31. The minimum atomic E-state index is -2.31. The summed E-state index contributed by atoms with van der Waals surface area (Å²) in [5.41, 5.74) is 0. The van der Waals surface area contributed by atoms with E-state index in [-0.39, 0.29) is 5.25 Å². The van der Waals surface area contributed by atoms with Crippen molar-refractivity contribution in [3.8, 4) is 0 Å². The molecule has 0 amide bonds. The van der Waals surface area contributed by atoms with E-state index in [4.69, 9.17) is 4.78 Å². The predicted molar refractivity (Wildman–Crippen MR) is 50.3 cm³/mol. The molecule has 1 N–H and O–H groups in total. The van der Waals surface area contributed by atoms with E-state index in [1.54, 1.807) is 0 Å². The molecule has 0 rings (SSSR count). The van der Waals surface area contributed by atoms with Gasteiger partial charge in [0.25, 0.3) is 0 Å². The normalized spacial score (nSPS) is 19.7. The molecule has 0 saturated heterocycles. The highest BCUT2D eigenvalue weighted by Gasteiger charge is 2.14. The van der Waals surface area contributed by atoms with Gasteiger partial charge >= 0.3 is 0 Å². The molecule has 0 radical (unpaired) electrons. The summed E-state index contributed by atoms with van der Waals surface area (Å²) in [5, 5.41) is -0.00324. The van der Waals surface area contributed by atoms with Crippen LogP contribution in [0.1, 0.15) is 34.1 Å². The highest BCUT2D eigenvalue weighted by Crippen LogP contribution is 2.10. The van der Waals surface area contributed by atoms with Gasteiger partial charge in [-0.15, -0.1) is 0 Å². The molecule has 0 aliphatic heterocycles. The lowest BCUT2D eigenvalue weighted by molar-refractivity contribution is 0.606. The van der Waals surface area contributed by atoms with Crippen molar-refractivity contribution in [3.05, 3.63) is 0 Å². The van der Waals surface area contributed by atoms with Gasteiger partial charge in [-0.1, -0.05) is 34.1 Å². The molecule has 0 fully saturated rings. The van der Waals surface area contributed by atoms with Crippen LogP contribution in [-0.2, 0) is 9.73 Å². The zero-order chi connectivity index (χ0) is 9.07. The van der Waals surface area contributed by atoms with Gasteiger partial charge in [0, 0.05) is 20.7 Å². The lowest BCUT2D eigenvalue weighted by Gasteiger charge is -2.14. The smallest absolute Gasteiger partial charge is 0.0467 e. The average Bonchev–Trinajstić information content (AvgIpc) is 1.86. The zero-order valence-corrected chi connectivity index (χ0v) is 8.70. The van der Waals surface area contributed by atoms with Crippen molar-refractivity contribution >= 4 is 9.73 Å². The molecule has 0 bridgehead atoms. The molecule has 0 aromatic rings. The van der Waals surface area contributed by atoms with Crippen LogP contribution in [0.4, 0.5) is 0 Å². The van der Waals surface area contributed by atoms with Crippen LogP contribution < -0.4 is 0 Å². The summed E-state index contributed by atoms with van der Waals surface area (Å²) in [6.45, 7) is 7.84. The first-order valence-corrected chi connectivity index (χ1v) is 5.94. The molecule has 0 aliphatic rings. The number of hydrogen-bond donors (Lipinski definition) is 1. The summed E-state index contributed by atoms with van der Waals surface area (Å²) in [6.07, 6.45) is 1.02. The van der Waals surface area contributed by atoms with E-state index in [2.05, 4.69) is 13.8 Å². The topological polar surface area (TPSA) is 40.9 Å². The number of hydrogen-bond acceptors (Lipinski definition) is 2. The minimum absolute atomic E-state index is 0.00324. The molecule has 3 heteroatoms. The van der Waals surface area contributed by atoms with Gasteiger partial charge in [-0.3, -0.25) is 4.78 Å². The molecule has 0 spiro atoms. The Morgan fingerprint density at radius 2 is 1.82 bits per heavy atom. The lowest BCUT2D eigenvalue weighted by atomic mass is 10.2. The van der Waals surface area contributed by atoms with E-state index >= 15 is 0 Å². The summed E-state index contributed by atoms with van der Waals surface area (Å²) in [6, 6.07) is 0. The average molecular weight is 177 g/mol. The summed E-state index contributed by atoms with van der Waals surface area (Å²) < 4.78 is 19.1. The molecule has 2 atom stereocenters. The Morgan fingerprint density at radius 1 is 1.36 bits per heavy atom. The van der Waals surface area contributed by atoms with Gasteiger partial charge in [-0.2, -0.15) is 0 Å². The van der Waals surface area contributed by atoms with Crippen LogP contribution in [0.2, 0.25) is 0 Å². The summed E-state index contributed by atoms with van der Waals surface area (Å²) >= 11 is 0. The van der Waals surface area contributed by atoms with Gasteiger partial charge in [0.2, 0.25) is 0 Å². The zero-order valence-electron chi connectivity index (χ0n) is 7.89. The first kappa shape index (κ1) is 11.0. The quantitative estimate of drug-likeness (QED) is 0.704. The van der Waals surface area contributed by atoms with Crippen molar-refractivity contribution < 1.29 is 4.21 Å². The van der Waals surface area contributed by atoms with Gasteiger partial charge in [-0.25, -0.2) is 4.21 Å². The molecule has 2 nitrogen and oxygen atoms in total. The Bertz CT molecular complexity index is 194. The summed E-state index contributed by atoms with van der Waals surface area (Å²) in [4.78, 5) is 0. The van der Waals surface area contributed by atoms with Crippen molar-refractivity contribution in [2.75, 3.05) is 5.75 Å². The van der Waals surface area contributed by atoms with Crippen molar-refractivity contribution in [1.29, 1.82) is 4.78 Å². The SMILES string of the molecule is CC[C@H](C)C[S@@](=N)(=O)C(C)C. The van der Waals surface area contributed by atoms with Crippen LogP contribution in [0, 0.1) is 10.7 Å². The largest absolute Gasteiger partial charge is 0.253 e. The third-order valence-corrected chi connectivity index (χ3v) is 4.58. The molecule has 0 aromatic carbocycles. The predicted octanol–water partition coefficient (Wildman–Crippen LogP) is 2.49. The molecule has 68 valence electrons. The first-order valence-electron chi connectivity index (χ1n) is 4.15. The molecule has 0 aliphatic carbocycles. The highest BCUT2D eigenvalue weighted by molar-refractivity contribution is 7.92. The number of rotatable bonds is 4. The molecule has 0 aromatic heterocycles.